The van der Waals surface area contributed by atoms with E-state index in [1.54, 1.807) is 19.4 Å². The molecule has 0 spiro atoms. The molecule has 0 radical (unpaired) electrons. The molecule has 0 aromatic carbocycles. The summed E-state index contributed by atoms with van der Waals surface area (Å²) in [5.74, 6) is 0.677. The normalized spacial score (nSPS) is 11.1. The highest BCUT2D eigenvalue weighted by Gasteiger charge is 2.11. The number of rotatable bonds is 6. The number of hydrogen-bond donors (Lipinski definition) is 3. The molecule has 0 saturated heterocycles. The third kappa shape index (κ3) is 3.68. The lowest BCUT2D eigenvalue weighted by Crippen LogP contribution is -2.16. The Bertz CT molecular complexity index is 575. The lowest BCUT2D eigenvalue weighted by Gasteiger charge is -2.04. The van der Waals surface area contributed by atoms with Gasteiger partial charge in [-0.05, 0) is 6.92 Å². The Hall–Kier alpha value is -1.65. The van der Waals surface area contributed by atoms with Crippen LogP contribution in [0.3, 0.4) is 0 Å². The van der Waals surface area contributed by atoms with E-state index >= 15 is 0 Å². The Morgan fingerprint density at radius 2 is 2.15 bits per heavy atom. The maximum absolute atomic E-state index is 8.47. The zero-order valence-corrected chi connectivity index (χ0v) is 11.9. The summed E-state index contributed by atoms with van der Waals surface area (Å²) in [7, 11) is 1.78. The minimum atomic E-state index is -0.293. The molecule has 2 aromatic rings. The van der Waals surface area contributed by atoms with E-state index in [0.717, 1.165) is 15.6 Å². The number of thiazole rings is 1. The summed E-state index contributed by atoms with van der Waals surface area (Å²) in [5.41, 5.74) is 1.57. The van der Waals surface area contributed by atoms with Crippen molar-refractivity contribution in [2.45, 2.75) is 13.3 Å². The third-order valence-electron chi connectivity index (χ3n) is 2.54. The van der Waals surface area contributed by atoms with E-state index < -0.39 is 0 Å². The van der Waals surface area contributed by atoms with Crippen molar-refractivity contribution in [3.8, 4) is 10.7 Å². The second kappa shape index (κ2) is 6.68. The molecular weight excluding hydrogens is 282 g/mol. The number of aryl methyl sites for hydroxylation is 1. The molecule has 0 fully saturated rings. The maximum atomic E-state index is 8.47. The zero-order valence-electron chi connectivity index (χ0n) is 11.1. The third-order valence-corrected chi connectivity index (χ3v) is 3.78. The largest absolute Gasteiger partial charge is 0.372 e. The van der Waals surface area contributed by atoms with Gasteiger partial charge in [-0.1, -0.05) is 0 Å². The molecule has 2 heterocycles. The van der Waals surface area contributed by atoms with Crippen molar-refractivity contribution in [3.63, 3.8) is 0 Å². The molecule has 0 saturated carbocycles. The van der Waals surface area contributed by atoms with Crippen molar-refractivity contribution in [2.75, 3.05) is 19.0 Å². The fourth-order valence-electron chi connectivity index (χ4n) is 1.58. The van der Waals surface area contributed by atoms with Gasteiger partial charge < -0.3 is 5.32 Å². The van der Waals surface area contributed by atoms with Crippen molar-refractivity contribution in [3.05, 3.63) is 23.0 Å². The average Bonchev–Trinajstić information content (AvgIpc) is 2.80. The van der Waals surface area contributed by atoms with Crippen LogP contribution in [-0.2, 0) is 11.3 Å². The first-order valence-electron chi connectivity index (χ1n) is 5.87. The lowest BCUT2D eigenvalue weighted by atomic mass is 10.3. The number of aromatic nitrogens is 3. The van der Waals surface area contributed by atoms with Gasteiger partial charge in [-0.25, -0.2) is 9.97 Å². The SMILES string of the molecule is CNc1cncc(-c2nc(C)c(CCON(O)O)s2)n1. The van der Waals surface area contributed by atoms with Crippen LogP contribution in [-0.4, -0.2) is 44.4 Å². The molecule has 9 heteroatoms. The fraction of sp³-hybridized carbons (Fsp3) is 0.364. The highest BCUT2D eigenvalue weighted by molar-refractivity contribution is 7.15. The molecular formula is C11H15N5O3S. The summed E-state index contributed by atoms with van der Waals surface area (Å²) < 4.78 is 0. The molecule has 0 bridgehead atoms. The molecule has 0 atom stereocenters. The van der Waals surface area contributed by atoms with Crippen molar-refractivity contribution in [1.29, 1.82) is 0 Å². The molecule has 0 aliphatic carbocycles. The molecule has 8 nitrogen and oxygen atoms in total. The van der Waals surface area contributed by atoms with Crippen LogP contribution in [0.4, 0.5) is 5.82 Å². The molecule has 0 aliphatic rings. The van der Waals surface area contributed by atoms with Crippen molar-refractivity contribution < 1.29 is 15.3 Å². The van der Waals surface area contributed by atoms with Crippen LogP contribution < -0.4 is 5.32 Å². The quantitative estimate of drug-likeness (QED) is 0.689. The van der Waals surface area contributed by atoms with Gasteiger partial charge in [0.1, 0.15) is 16.5 Å². The van der Waals surface area contributed by atoms with Crippen LogP contribution >= 0.6 is 11.3 Å². The van der Waals surface area contributed by atoms with Crippen LogP contribution in [0.2, 0.25) is 0 Å². The van der Waals surface area contributed by atoms with Gasteiger partial charge in [-0.2, -0.15) is 0 Å². The summed E-state index contributed by atoms with van der Waals surface area (Å²) in [4.78, 5) is 18.5. The molecule has 108 valence electrons. The lowest BCUT2D eigenvalue weighted by molar-refractivity contribution is -0.492. The van der Waals surface area contributed by atoms with E-state index in [-0.39, 0.29) is 12.0 Å². The molecule has 0 aliphatic heterocycles. The fourth-order valence-corrected chi connectivity index (χ4v) is 2.58. The van der Waals surface area contributed by atoms with E-state index in [9.17, 15) is 0 Å². The Morgan fingerprint density at radius 1 is 1.35 bits per heavy atom. The Labute approximate surface area is 119 Å². The summed E-state index contributed by atoms with van der Waals surface area (Å²) in [6, 6.07) is 0. The van der Waals surface area contributed by atoms with Crippen LogP contribution in [0.1, 0.15) is 10.6 Å². The average molecular weight is 297 g/mol. The summed E-state index contributed by atoms with van der Waals surface area (Å²) in [5, 5.41) is 20.3. The molecule has 2 aromatic heterocycles. The van der Waals surface area contributed by atoms with Crippen LogP contribution in [0.25, 0.3) is 10.7 Å². The van der Waals surface area contributed by atoms with Gasteiger partial charge in [0.2, 0.25) is 0 Å². The smallest absolute Gasteiger partial charge is 0.145 e. The van der Waals surface area contributed by atoms with Crippen LogP contribution in [0.15, 0.2) is 12.4 Å². The van der Waals surface area contributed by atoms with Crippen molar-refractivity contribution >= 4 is 17.2 Å². The van der Waals surface area contributed by atoms with Crippen LogP contribution in [0, 0.1) is 6.92 Å². The van der Waals surface area contributed by atoms with Gasteiger partial charge in [0.15, 0.2) is 0 Å². The number of nitrogens with one attached hydrogen (secondary N) is 1. The molecule has 3 N–H and O–H groups in total. The van der Waals surface area contributed by atoms with E-state index in [1.807, 2.05) is 6.92 Å². The second-order valence-corrected chi connectivity index (χ2v) is 4.99. The predicted octanol–water partition coefficient (Wildman–Crippen LogP) is 1.50. The van der Waals surface area contributed by atoms with Gasteiger partial charge in [0.25, 0.3) is 0 Å². The summed E-state index contributed by atoms with van der Waals surface area (Å²) >= 11 is 1.48. The molecule has 0 unspecified atom stereocenters. The topological polar surface area (TPSA) is 104 Å². The van der Waals surface area contributed by atoms with Crippen molar-refractivity contribution in [2.24, 2.45) is 0 Å². The van der Waals surface area contributed by atoms with Gasteiger partial charge in [-0.15, -0.1) is 11.3 Å². The first-order valence-corrected chi connectivity index (χ1v) is 6.69. The van der Waals surface area contributed by atoms with E-state index in [1.165, 1.54) is 11.3 Å². The molecule has 0 amide bonds. The standard InChI is InChI=1S/C11H15N5O3S/c1-7-9(3-4-19-16(17)18)20-11(14-7)8-5-13-6-10(12-2)15-8/h5-6,17-18H,3-4H2,1-2H3,(H,12,15). The molecule has 20 heavy (non-hydrogen) atoms. The molecule has 2 rings (SSSR count). The van der Waals surface area contributed by atoms with Crippen LogP contribution in [0.5, 0.6) is 0 Å². The Kier molecular flexibility index (Phi) is 4.93. The van der Waals surface area contributed by atoms with Gasteiger partial charge in [0.05, 0.1) is 30.1 Å². The minimum absolute atomic E-state index is 0.151. The Balaban J connectivity index is 2.13. The number of hydrogen-bond acceptors (Lipinski definition) is 9. The first-order chi connectivity index (χ1) is 9.60. The van der Waals surface area contributed by atoms with Gasteiger partial charge in [-0.3, -0.25) is 20.2 Å². The predicted molar refractivity (Wildman–Crippen MR) is 72.5 cm³/mol. The zero-order chi connectivity index (χ0) is 14.5. The maximum Gasteiger partial charge on any atom is 0.145 e. The van der Waals surface area contributed by atoms with Gasteiger partial charge >= 0.3 is 0 Å². The van der Waals surface area contributed by atoms with E-state index in [2.05, 4.69) is 25.1 Å². The Morgan fingerprint density at radius 3 is 2.85 bits per heavy atom. The minimum Gasteiger partial charge on any atom is -0.372 e. The summed E-state index contributed by atoms with van der Waals surface area (Å²) in [6.45, 7) is 2.04. The number of nitrogens with zero attached hydrogens (tertiary/aromatic N) is 4. The van der Waals surface area contributed by atoms with E-state index in [0.29, 0.717) is 17.9 Å². The monoisotopic (exact) mass is 297 g/mol. The van der Waals surface area contributed by atoms with Crippen molar-refractivity contribution in [1.82, 2.24) is 20.3 Å². The number of anilines is 1. The van der Waals surface area contributed by atoms with Gasteiger partial charge in [0, 0.05) is 18.3 Å². The highest BCUT2D eigenvalue weighted by Crippen LogP contribution is 2.27. The highest BCUT2D eigenvalue weighted by atomic mass is 32.1. The first kappa shape index (κ1) is 14.8. The summed E-state index contributed by atoms with van der Waals surface area (Å²) in [6.07, 6.45) is 3.82. The second-order valence-electron chi connectivity index (χ2n) is 3.90. The van der Waals surface area contributed by atoms with E-state index in [4.69, 9.17) is 10.4 Å².